The Hall–Kier alpha value is -3.03. The molecule has 1 aliphatic rings. The Morgan fingerprint density at radius 1 is 1.28 bits per heavy atom. The highest BCUT2D eigenvalue weighted by Gasteiger charge is 2.30. The minimum atomic E-state index is -0.542. The van der Waals surface area contributed by atoms with Gasteiger partial charge in [-0.25, -0.2) is 4.79 Å². The maximum Gasteiger partial charge on any atom is 0.410 e. The number of rotatable bonds is 4. The Morgan fingerprint density at radius 3 is 2.72 bits per heavy atom. The van der Waals surface area contributed by atoms with E-state index < -0.39 is 11.5 Å². The monoisotopic (exact) mass is 402 g/mol. The van der Waals surface area contributed by atoms with Gasteiger partial charge in [-0.15, -0.1) is 0 Å². The maximum absolute atomic E-state index is 12.5. The topological polar surface area (TPSA) is 98.1 Å². The summed E-state index contributed by atoms with van der Waals surface area (Å²) in [6.07, 6.45) is 0.416. The molecule has 0 radical (unpaired) electrons. The van der Waals surface area contributed by atoms with Gasteiger partial charge in [0.15, 0.2) is 11.2 Å². The Bertz CT molecular complexity index is 975. The standard InChI is InChI=1S/C21H26N2O6/c1-21(2,3)29-20(26)23-8-7-13(12-23)11-22-19(25)18-10-16(24)15-6-5-14(27-4)9-17(15)28-18/h5-6,9-10,13H,7-8,11-12H2,1-4H3,(H,22,25). The van der Waals surface area contributed by atoms with Crippen LogP contribution in [0.25, 0.3) is 11.0 Å². The number of ether oxygens (including phenoxy) is 2. The summed E-state index contributed by atoms with van der Waals surface area (Å²) in [5, 5.41) is 3.17. The van der Waals surface area contributed by atoms with Crippen molar-refractivity contribution in [1.82, 2.24) is 10.2 Å². The Labute approximate surface area is 168 Å². The molecule has 2 heterocycles. The second-order valence-corrected chi connectivity index (χ2v) is 8.13. The van der Waals surface area contributed by atoms with Crippen molar-refractivity contribution < 1.29 is 23.5 Å². The van der Waals surface area contributed by atoms with Crippen molar-refractivity contribution in [2.75, 3.05) is 26.7 Å². The van der Waals surface area contributed by atoms with Crippen molar-refractivity contribution in [2.45, 2.75) is 32.8 Å². The van der Waals surface area contributed by atoms with E-state index in [1.165, 1.54) is 13.2 Å². The fourth-order valence-corrected chi connectivity index (χ4v) is 3.19. The lowest BCUT2D eigenvalue weighted by atomic mass is 10.1. The lowest BCUT2D eigenvalue weighted by Crippen LogP contribution is -2.36. The van der Waals surface area contributed by atoms with Gasteiger partial charge < -0.3 is 24.1 Å². The van der Waals surface area contributed by atoms with Gasteiger partial charge in [0.25, 0.3) is 5.91 Å². The number of benzene rings is 1. The van der Waals surface area contributed by atoms with E-state index in [0.29, 0.717) is 36.4 Å². The van der Waals surface area contributed by atoms with E-state index in [4.69, 9.17) is 13.9 Å². The number of hydrogen-bond donors (Lipinski definition) is 1. The molecule has 0 saturated carbocycles. The van der Waals surface area contributed by atoms with Crippen molar-refractivity contribution >= 4 is 23.0 Å². The quantitative estimate of drug-likeness (QED) is 0.844. The largest absolute Gasteiger partial charge is 0.497 e. The smallest absolute Gasteiger partial charge is 0.410 e. The highest BCUT2D eigenvalue weighted by atomic mass is 16.6. The van der Waals surface area contributed by atoms with Crippen molar-refractivity contribution in [3.63, 3.8) is 0 Å². The first-order valence-electron chi connectivity index (χ1n) is 9.54. The van der Waals surface area contributed by atoms with E-state index in [1.54, 1.807) is 23.1 Å². The number of carbonyl (C=O) groups excluding carboxylic acids is 2. The molecule has 3 rings (SSSR count). The molecule has 0 aliphatic carbocycles. The van der Waals surface area contributed by atoms with Crippen LogP contribution in [0.15, 0.2) is 33.5 Å². The van der Waals surface area contributed by atoms with Crippen molar-refractivity contribution in [1.29, 1.82) is 0 Å². The van der Waals surface area contributed by atoms with Crippen LogP contribution in [0, 0.1) is 5.92 Å². The number of likely N-dealkylation sites (tertiary alicyclic amines) is 1. The number of nitrogens with one attached hydrogen (secondary N) is 1. The SMILES string of the molecule is COc1ccc2c(=O)cc(C(=O)NCC3CCN(C(=O)OC(C)(C)C)C3)oc2c1. The number of methoxy groups -OCH3 is 1. The van der Waals surface area contributed by atoms with Gasteiger partial charge in [0.2, 0.25) is 0 Å². The van der Waals surface area contributed by atoms with Gasteiger partial charge in [-0.2, -0.15) is 0 Å². The summed E-state index contributed by atoms with van der Waals surface area (Å²) in [6.45, 7) is 6.94. The van der Waals surface area contributed by atoms with Gasteiger partial charge in [-0.3, -0.25) is 9.59 Å². The zero-order valence-electron chi connectivity index (χ0n) is 17.1. The molecule has 8 nitrogen and oxygen atoms in total. The van der Waals surface area contributed by atoms with Crippen LogP contribution in [-0.4, -0.2) is 49.2 Å². The molecule has 1 aromatic carbocycles. The molecule has 1 saturated heterocycles. The molecular formula is C21H26N2O6. The van der Waals surface area contributed by atoms with Crippen LogP contribution < -0.4 is 15.5 Å². The van der Waals surface area contributed by atoms with Crippen molar-refractivity contribution in [2.24, 2.45) is 5.92 Å². The van der Waals surface area contributed by atoms with Gasteiger partial charge >= 0.3 is 6.09 Å². The summed E-state index contributed by atoms with van der Waals surface area (Å²) in [7, 11) is 1.51. The van der Waals surface area contributed by atoms with E-state index in [1.807, 2.05) is 20.8 Å². The maximum atomic E-state index is 12.5. The Kier molecular flexibility index (Phi) is 5.81. The number of nitrogens with zero attached hydrogens (tertiary/aromatic N) is 1. The fourth-order valence-electron chi connectivity index (χ4n) is 3.19. The summed E-state index contributed by atoms with van der Waals surface area (Å²) in [6, 6.07) is 6.02. The summed E-state index contributed by atoms with van der Waals surface area (Å²) >= 11 is 0. The first-order chi connectivity index (χ1) is 13.7. The molecule has 156 valence electrons. The van der Waals surface area contributed by atoms with Crippen LogP contribution in [0.3, 0.4) is 0 Å². The molecule has 1 atom stereocenters. The van der Waals surface area contributed by atoms with Gasteiger partial charge in [-0.1, -0.05) is 0 Å². The van der Waals surface area contributed by atoms with E-state index in [0.717, 1.165) is 6.42 Å². The normalized spacial score (nSPS) is 16.7. The zero-order chi connectivity index (χ0) is 21.2. The lowest BCUT2D eigenvalue weighted by Gasteiger charge is -2.24. The predicted octanol–water partition coefficient (Wildman–Crippen LogP) is 2.79. The van der Waals surface area contributed by atoms with E-state index >= 15 is 0 Å². The molecule has 1 fully saturated rings. The third kappa shape index (κ3) is 5.07. The third-order valence-electron chi connectivity index (χ3n) is 4.65. The lowest BCUT2D eigenvalue weighted by molar-refractivity contribution is 0.0288. The van der Waals surface area contributed by atoms with Gasteiger partial charge in [0.05, 0.1) is 12.5 Å². The second kappa shape index (κ2) is 8.14. The molecule has 2 amide bonds. The predicted molar refractivity (Wildman–Crippen MR) is 107 cm³/mol. The molecule has 8 heteroatoms. The molecule has 1 aliphatic heterocycles. The second-order valence-electron chi connectivity index (χ2n) is 8.13. The minimum Gasteiger partial charge on any atom is -0.497 e. The average Bonchev–Trinajstić information content (AvgIpc) is 3.13. The molecule has 1 N–H and O–H groups in total. The van der Waals surface area contributed by atoms with Crippen LogP contribution >= 0.6 is 0 Å². The first-order valence-corrected chi connectivity index (χ1v) is 9.54. The molecule has 1 aromatic heterocycles. The van der Waals surface area contributed by atoms with Crippen LogP contribution in [0.2, 0.25) is 0 Å². The highest BCUT2D eigenvalue weighted by molar-refractivity contribution is 5.93. The molecule has 0 bridgehead atoms. The minimum absolute atomic E-state index is 0.0576. The first kappa shape index (κ1) is 20.7. The molecule has 29 heavy (non-hydrogen) atoms. The summed E-state index contributed by atoms with van der Waals surface area (Å²) in [5.74, 6) is 0.116. The number of fused-ring (bicyclic) bond motifs is 1. The summed E-state index contributed by atoms with van der Waals surface area (Å²) in [5.41, 5.74) is -0.547. The van der Waals surface area contributed by atoms with Crippen LogP contribution in [0.5, 0.6) is 5.75 Å². The zero-order valence-corrected chi connectivity index (χ0v) is 17.1. The van der Waals surface area contributed by atoms with E-state index in [2.05, 4.69) is 5.32 Å². The molecule has 2 aromatic rings. The average molecular weight is 402 g/mol. The van der Waals surface area contributed by atoms with Crippen LogP contribution in [0.1, 0.15) is 37.7 Å². The number of hydrogen-bond acceptors (Lipinski definition) is 6. The third-order valence-corrected chi connectivity index (χ3v) is 4.65. The molecule has 0 spiro atoms. The van der Waals surface area contributed by atoms with Crippen LogP contribution in [0.4, 0.5) is 4.79 Å². The Morgan fingerprint density at radius 2 is 2.03 bits per heavy atom. The summed E-state index contributed by atoms with van der Waals surface area (Å²) < 4.78 is 16.1. The number of carbonyl (C=O) groups is 2. The van der Waals surface area contributed by atoms with E-state index in [-0.39, 0.29) is 23.2 Å². The van der Waals surface area contributed by atoms with Crippen LogP contribution in [-0.2, 0) is 4.74 Å². The fraction of sp³-hybridized carbons (Fsp3) is 0.476. The summed E-state index contributed by atoms with van der Waals surface area (Å²) in [4.78, 5) is 38.5. The molecular weight excluding hydrogens is 376 g/mol. The van der Waals surface area contributed by atoms with E-state index in [9.17, 15) is 14.4 Å². The van der Waals surface area contributed by atoms with Crippen molar-refractivity contribution in [3.8, 4) is 5.75 Å². The van der Waals surface area contributed by atoms with Gasteiger partial charge in [0, 0.05) is 31.8 Å². The van der Waals surface area contributed by atoms with Crippen molar-refractivity contribution in [3.05, 3.63) is 40.2 Å². The molecule has 1 unspecified atom stereocenters. The highest BCUT2D eigenvalue weighted by Crippen LogP contribution is 2.21. The van der Waals surface area contributed by atoms with Gasteiger partial charge in [-0.05, 0) is 45.2 Å². The Balaban J connectivity index is 1.61. The number of amides is 2. The van der Waals surface area contributed by atoms with Gasteiger partial charge in [0.1, 0.15) is 16.9 Å².